The highest BCUT2D eigenvalue weighted by molar-refractivity contribution is 6.30. The molecule has 0 aromatic heterocycles. The van der Waals surface area contributed by atoms with Gasteiger partial charge in [-0.1, -0.05) is 17.7 Å². The Bertz CT molecular complexity index is 490. The number of halogens is 1. The first-order chi connectivity index (χ1) is 10.2. The van der Waals surface area contributed by atoms with Gasteiger partial charge in [0.05, 0.1) is 6.54 Å². The van der Waals surface area contributed by atoms with Gasteiger partial charge in [0.15, 0.2) is 0 Å². The minimum Gasteiger partial charge on any atom is -0.492 e. The zero-order valence-corrected chi connectivity index (χ0v) is 12.4. The van der Waals surface area contributed by atoms with Crippen LogP contribution in [0, 0.1) is 0 Å². The van der Waals surface area contributed by atoms with Gasteiger partial charge in [0.2, 0.25) is 6.41 Å². The van der Waals surface area contributed by atoms with Crippen LogP contribution in [0.5, 0.6) is 5.75 Å². The maximum atomic E-state index is 11.9. The molecule has 21 heavy (non-hydrogen) atoms. The van der Waals surface area contributed by atoms with Gasteiger partial charge in [-0.3, -0.25) is 4.79 Å². The van der Waals surface area contributed by atoms with Gasteiger partial charge in [0.25, 0.3) is 0 Å². The van der Waals surface area contributed by atoms with Crippen LogP contribution in [0.1, 0.15) is 0 Å². The Balaban J connectivity index is 1.64. The summed E-state index contributed by atoms with van der Waals surface area (Å²) < 4.78 is 5.49. The van der Waals surface area contributed by atoms with Crippen molar-refractivity contribution in [2.24, 2.45) is 0 Å². The summed E-state index contributed by atoms with van der Waals surface area (Å²) in [6.45, 7) is 3.06. The molecular weight excluding hydrogens is 294 g/mol. The summed E-state index contributed by atoms with van der Waals surface area (Å²) in [5.41, 5.74) is 0. The fraction of sp³-hybridized carbons (Fsp3) is 0.429. The Labute approximate surface area is 128 Å². The molecule has 1 aromatic rings. The van der Waals surface area contributed by atoms with Crippen LogP contribution in [0.2, 0.25) is 5.02 Å². The van der Waals surface area contributed by atoms with E-state index in [9.17, 15) is 9.59 Å². The zero-order valence-electron chi connectivity index (χ0n) is 11.6. The Hall–Kier alpha value is -1.95. The van der Waals surface area contributed by atoms with Gasteiger partial charge in [-0.2, -0.15) is 0 Å². The predicted molar refractivity (Wildman–Crippen MR) is 79.6 cm³/mol. The van der Waals surface area contributed by atoms with Crippen molar-refractivity contribution in [2.75, 3.05) is 39.3 Å². The van der Waals surface area contributed by atoms with Crippen LogP contribution in [0.15, 0.2) is 24.3 Å². The molecule has 114 valence electrons. The number of piperazine rings is 1. The highest BCUT2D eigenvalue weighted by Gasteiger charge is 2.19. The van der Waals surface area contributed by atoms with Crippen LogP contribution >= 0.6 is 11.6 Å². The van der Waals surface area contributed by atoms with E-state index in [0.29, 0.717) is 50.1 Å². The largest absolute Gasteiger partial charge is 0.492 e. The fourth-order valence-corrected chi connectivity index (χ4v) is 2.21. The first-order valence-electron chi connectivity index (χ1n) is 6.79. The lowest BCUT2D eigenvalue weighted by Crippen LogP contribution is -2.51. The van der Waals surface area contributed by atoms with Gasteiger partial charge in [-0.15, -0.1) is 0 Å². The fourth-order valence-electron chi connectivity index (χ4n) is 2.03. The molecule has 1 N–H and O–H groups in total. The van der Waals surface area contributed by atoms with E-state index in [4.69, 9.17) is 16.3 Å². The van der Waals surface area contributed by atoms with E-state index in [0.717, 1.165) is 6.41 Å². The Morgan fingerprint density at radius 1 is 1.33 bits per heavy atom. The normalized spacial score (nSPS) is 14.7. The second-order valence-corrected chi connectivity index (χ2v) is 5.10. The lowest BCUT2D eigenvalue weighted by Gasteiger charge is -2.32. The molecular formula is C14H18ClN3O3. The second kappa shape index (κ2) is 7.73. The average molecular weight is 312 g/mol. The first-order valence-corrected chi connectivity index (χ1v) is 7.17. The van der Waals surface area contributed by atoms with E-state index < -0.39 is 0 Å². The molecule has 6 nitrogen and oxygen atoms in total. The van der Waals surface area contributed by atoms with Gasteiger partial charge in [-0.25, -0.2) is 4.79 Å². The van der Waals surface area contributed by atoms with Crippen LogP contribution in [0.25, 0.3) is 0 Å². The lowest BCUT2D eigenvalue weighted by molar-refractivity contribution is -0.119. The number of hydrogen-bond donors (Lipinski definition) is 1. The van der Waals surface area contributed by atoms with E-state index in [1.165, 1.54) is 0 Å². The quantitative estimate of drug-likeness (QED) is 0.656. The maximum Gasteiger partial charge on any atom is 0.317 e. The molecule has 0 aliphatic carbocycles. The van der Waals surface area contributed by atoms with Crippen molar-refractivity contribution in [3.8, 4) is 5.75 Å². The summed E-state index contributed by atoms with van der Waals surface area (Å²) >= 11 is 5.85. The third-order valence-electron chi connectivity index (χ3n) is 3.19. The molecule has 1 aliphatic rings. The van der Waals surface area contributed by atoms with Gasteiger partial charge in [0.1, 0.15) is 12.4 Å². The number of hydrogen-bond acceptors (Lipinski definition) is 3. The molecule has 1 saturated heterocycles. The van der Waals surface area contributed by atoms with Gasteiger partial charge < -0.3 is 19.9 Å². The molecule has 1 heterocycles. The number of ether oxygens (including phenoxy) is 1. The number of benzene rings is 1. The van der Waals surface area contributed by atoms with E-state index in [1.54, 1.807) is 21.9 Å². The molecule has 0 saturated carbocycles. The number of carbonyl (C=O) groups excluding carboxylic acids is 2. The van der Waals surface area contributed by atoms with Crippen LogP contribution in [0.3, 0.4) is 0 Å². The molecule has 7 heteroatoms. The third kappa shape index (κ3) is 4.82. The van der Waals surface area contributed by atoms with Crippen molar-refractivity contribution in [2.45, 2.75) is 0 Å². The molecule has 0 atom stereocenters. The molecule has 0 unspecified atom stereocenters. The third-order valence-corrected chi connectivity index (χ3v) is 3.43. The predicted octanol–water partition coefficient (Wildman–Crippen LogP) is 1.20. The summed E-state index contributed by atoms with van der Waals surface area (Å²) in [6.07, 6.45) is 0.814. The van der Waals surface area contributed by atoms with Gasteiger partial charge in [0, 0.05) is 31.2 Å². The topological polar surface area (TPSA) is 61.9 Å². The second-order valence-electron chi connectivity index (χ2n) is 4.67. The number of nitrogens with one attached hydrogen (secondary N) is 1. The van der Waals surface area contributed by atoms with Crippen molar-refractivity contribution in [3.63, 3.8) is 0 Å². The molecule has 0 bridgehead atoms. The standard InChI is InChI=1S/C14H18ClN3O3/c15-12-2-1-3-13(10-12)21-9-4-16-14(20)18-7-5-17(11-19)6-8-18/h1-3,10-11H,4-9H2,(H,16,20). The minimum atomic E-state index is -0.129. The van der Waals surface area contributed by atoms with E-state index in [1.807, 2.05) is 12.1 Å². The average Bonchev–Trinajstić information content (AvgIpc) is 2.51. The summed E-state index contributed by atoms with van der Waals surface area (Å²) in [5.74, 6) is 0.677. The van der Waals surface area contributed by atoms with E-state index in [-0.39, 0.29) is 6.03 Å². The summed E-state index contributed by atoms with van der Waals surface area (Å²) in [4.78, 5) is 25.8. The summed E-state index contributed by atoms with van der Waals surface area (Å²) in [6, 6.07) is 6.99. The van der Waals surface area contributed by atoms with Crippen molar-refractivity contribution >= 4 is 24.0 Å². The zero-order chi connectivity index (χ0) is 15.1. The first kappa shape index (κ1) is 15.4. The van der Waals surface area contributed by atoms with Crippen LogP contribution < -0.4 is 10.1 Å². The van der Waals surface area contributed by atoms with E-state index in [2.05, 4.69) is 5.32 Å². The van der Waals surface area contributed by atoms with Crippen molar-refractivity contribution in [3.05, 3.63) is 29.3 Å². The molecule has 0 spiro atoms. The molecule has 1 fully saturated rings. The number of urea groups is 1. The number of amides is 3. The molecule has 1 aromatic carbocycles. The Morgan fingerprint density at radius 3 is 2.76 bits per heavy atom. The monoisotopic (exact) mass is 311 g/mol. The van der Waals surface area contributed by atoms with Crippen molar-refractivity contribution < 1.29 is 14.3 Å². The van der Waals surface area contributed by atoms with Gasteiger partial charge >= 0.3 is 6.03 Å². The summed E-state index contributed by atoms with van der Waals surface area (Å²) in [7, 11) is 0. The van der Waals surface area contributed by atoms with Crippen LogP contribution in [-0.2, 0) is 4.79 Å². The number of rotatable bonds is 5. The van der Waals surface area contributed by atoms with Gasteiger partial charge in [-0.05, 0) is 18.2 Å². The highest BCUT2D eigenvalue weighted by Crippen LogP contribution is 2.16. The minimum absolute atomic E-state index is 0.129. The summed E-state index contributed by atoms with van der Waals surface area (Å²) in [5, 5.41) is 3.41. The molecule has 3 amide bonds. The smallest absolute Gasteiger partial charge is 0.317 e. The van der Waals surface area contributed by atoms with Crippen molar-refractivity contribution in [1.29, 1.82) is 0 Å². The Morgan fingerprint density at radius 2 is 2.10 bits per heavy atom. The molecule has 1 aliphatic heterocycles. The van der Waals surface area contributed by atoms with E-state index >= 15 is 0 Å². The maximum absolute atomic E-state index is 11.9. The lowest BCUT2D eigenvalue weighted by atomic mass is 10.3. The number of carbonyl (C=O) groups is 2. The van der Waals surface area contributed by atoms with Crippen LogP contribution in [-0.4, -0.2) is 61.6 Å². The SMILES string of the molecule is O=CN1CCN(C(=O)NCCOc2cccc(Cl)c2)CC1. The number of nitrogens with zero attached hydrogens (tertiary/aromatic N) is 2. The Kier molecular flexibility index (Phi) is 5.68. The van der Waals surface area contributed by atoms with Crippen LogP contribution in [0.4, 0.5) is 4.79 Å². The van der Waals surface area contributed by atoms with Crippen molar-refractivity contribution in [1.82, 2.24) is 15.1 Å². The molecule has 2 rings (SSSR count). The highest BCUT2D eigenvalue weighted by atomic mass is 35.5. The molecule has 0 radical (unpaired) electrons.